The summed E-state index contributed by atoms with van der Waals surface area (Å²) in [7, 11) is 0. The second-order valence-corrected chi connectivity index (χ2v) is 11.6. The van der Waals surface area contributed by atoms with Gasteiger partial charge in [0.2, 0.25) is 5.91 Å². The van der Waals surface area contributed by atoms with Gasteiger partial charge in [0.25, 0.3) is 0 Å². The number of hydrogen-bond acceptors (Lipinski definition) is 5. The van der Waals surface area contributed by atoms with Gasteiger partial charge in [-0.25, -0.2) is 4.98 Å². The monoisotopic (exact) mass is 483 g/mol. The van der Waals surface area contributed by atoms with E-state index in [1.807, 2.05) is 12.3 Å². The van der Waals surface area contributed by atoms with E-state index >= 15 is 0 Å². The van der Waals surface area contributed by atoms with Crippen LogP contribution in [0.15, 0.2) is 30.9 Å². The number of nitrogens with one attached hydrogen (secondary N) is 1. The van der Waals surface area contributed by atoms with Crippen LogP contribution >= 0.6 is 0 Å². The number of aromatic nitrogens is 3. The molecule has 3 aromatic rings. The molecule has 1 aliphatic carbocycles. The van der Waals surface area contributed by atoms with Gasteiger partial charge in [-0.2, -0.15) is 10.4 Å². The second kappa shape index (κ2) is 7.92. The highest BCUT2D eigenvalue weighted by atomic mass is 16.2. The van der Waals surface area contributed by atoms with Crippen LogP contribution in [0.3, 0.4) is 0 Å². The van der Waals surface area contributed by atoms with Gasteiger partial charge in [0.05, 0.1) is 15.8 Å². The van der Waals surface area contributed by atoms with Gasteiger partial charge in [-0.05, 0) is 66.8 Å². The highest BCUT2D eigenvalue weighted by Crippen LogP contribution is 2.47. The van der Waals surface area contributed by atoms with Gasteiger partial charge >= 0.3 is 0 Å². The quantitative estimate of drug-likeness (QED) is 0.553. The number of carbonyl (C=O) groups excluding carboxylic acids is 1. The molecule has 0 atom stereocenters. The van der Waals surface area contributed by atoms with Gasteiger partial charge in [0, 0.05) is 48.2 Å². The summed E-state index contributed by atoms with van der Waals surface area (Å²) < 4.78 is 22.3. The number of carbonyl (C=O) groups is 1. The topological polar surface area (TPSA) is 88.9 Å². The van der Waals surface area contributed by atoms with Crippen molar-refractivity contribution in [2.45, 2.75) is 46.5 Å². The SMILES string of the molecule is [2H]C([2H])=C([2H])C(=O)N1CC2(CCN(c3nc4c(c(-c5c(C)ccc6[nH]ncc56)c3C#N)CCC(C)(C)C4)C2)C1. The Morgan fingerprint density at radius 2 is 2.14 bits per heavy atom. The van der Waals surface area contributed by atoms with Crippen LogP contribution in [0.2, 0.25) is 0 Å². The lowest BCUT2D eigenvalue weighted by atomic mass is 9.73. The van der Waals surface area contributed by atoms with Gasteiger partial charge in [0.1, 0.15) is 17.5 Å². The lowest BCUT2D eigenvalue weighted by Crippen LogP contribution is -2.59. The smallest absolute Gasteiger partial charge is 0.245 e. The Balaban J connectivity index is 1.43. The molecule has 4 heterocycles. The van der Waals surface area contributed by atoms with E-state index in [4.69, 9.17) is 9.10 Å². The lowest BCUT2D eigenvalue weighted by molar-refractivity contribution is -0.136. The van der Waals surface area contributed by atoms with Gasteiger partial charge < -0.3 is 9.80 Å². The Kier molecular flexibility index (Phi) is 4.30. The minimum absolute atomic E-state index is 0.122. The van der Waals surface area contributed by atoms with Crippen LogP contribution in [0.25, 0.3) is 22.0 Å². The van der Waals surface area contributed by atoms with E-state index in [1.54, 1.807) is 4.90 Å². The number of aryl methyl sites for hydroxylation is 1. The molecule has 184 valence electrons. The number of amides is 1. The number of H-pyrrole nitrogens is 1. The number of pyridine rings is 1. The average molecular weight is 484 g/mol. The largest absolute Gasteiger partial charge is 0.355 e. The van der Waals surface area contributed by atoms with Crippen molar-refractivity contribution >= 4 is 22.6 Å². The van der Waals surface area contributed by atoms with E-state index in [1.165, 1.54) is 0 Å². The third-order valence-corrected chi connectivity index (χ3v) is 8.44. The highest BCUT2D eigenvalue weighted by Gasteiger charge is 2.49. The summed E-state index contributed by atoms with van der Waals surface area (Å²) in [6.07, 6.45) is 5.43. The first-order valence-corrected chi connectivity index (χ1v) is 12.6. The third kappa shape index (κ3) is 3.42. The maximum absolute atomic E-state index is 12.5. The molecule has 2 aromatic heterocycles. The normalized spacial score (nSPS) is 20.8. The molecule has 1 amide bonds. The Labute approximate surface area is 216 Å². The zero-order valence-electron chi connectivity index (χ0n) is 24.0. The highest BCUT2D eigenvalue weighted by molar-refractivity contribution is 5.99. The summed E-state index contributed by atoms with van der Waals surface area (Å²) >= 11 is 0. The van der Waals surface area contributed by atoms with Crippen molar-refractivity contribution < 1.29 is 8.91 Å². The molecule has 7 nitrogen and oxygen atoms in total. The molecule has 2 saturated heterocycles. The van der Waals surface area contributed by atoms with Crippen LogP contribution in [0.5, 0.6) is 0 Å². The van der Waals surface area contributed by atoms with Crippen LogP contribution in [0, 0.1) is 29.1 Å². The maximum Gasteiger partial charge on any atom is 0.245 e. The van der Waals surface area contributed by atoms with Crippen LogP contribution in [0.1, 0.15) is 53.2 Å². The standard InChI is InChI=1S/C29H32N6O/c1-5-24(36)35-16-29(17-35)10-11-34(15-29)27-20(13-30)26(19-8-9-28(3,4)12-23(19)32-27)25-18(2)6-7-22-21(25)14-31-33-22/h5-7,14H,1,8-12,15-17H2,2-4H3,(H,31,33)/i1D2,5D. The summed E-state index contributed by atoms with van der Waals surface area (Å²) in [6, 6.07) is 6.08. The summed E-state index contributed by atoms with van der Waals surface area (Å²) in [5, 5.41) is 19.0. The lowest BCUT2D eigenvalue weighted by Gasteiger charge is -2.47. The first kappa shape index (κ1) is 19.5. The minimum atomic E-state index is -0.760. The summed E-state index contributed by atoms with van der Waals surface area (Å²) in [5.74, 6) is 0.156. The number of fused-ring (bicyclic) bond motifs is 2. The Morgan fingerprint density at radius 3 is 2.92 bits per heavy atom. The molecule has 6 rings (SSSR count). The fourth-order valence-electron chi connectivity index (χ4n) is 6.51. The van der Waals surface area contributed by atoms with Crippen LogP contribution in [-0.4, -0.2) is 52.2 Å². The van der Waals surface area contributed by atoms with Crippen LogP contribution in [0.4, 0.5) is 5.82 Å². The molecule has 0 saturated carbocycles. The number of nitriles is 1. The Hall–Kier alpha value is -3.66. The summed E-state index contributed by atoms with van der Waals surface area (Å²) in [6.45, 7) is 8.24. The van der Waals surface area contributed by atoms with Crippen molar-refractivity contribution in [3.8, 4) is 17.2 Å². The first-order chi connectivity index (χ1) is 18.5. The molecule has 1 aromatic carbocycles. The molecule has 3 aliphatic rings. The van der Waals surface area contributed by atoms with Crippen LogP contribution < -0.4 is 4.90 Å². The fraction of sp³-hybridized carbons (Fsp3) is 0.448. The van der Waals surface area contributed by atoms with Gasteiger partial charge in [0.15, 0.2) is 0 Å². The molecule has 0 radical (unpaired) electrons. The van der Waals surface area contributed by atoms with Crippen molar-refractivity contribution in [3.05, 3.63) is 53.3 Å². The second-order valence-electron chi connectivity index (χ2n) is 11.6. The zero-order chi connectivity index (χ0) is 27.7. The van der Waals surface area contributed by atoms with Crippen molar-refractivity contribution in [3.63, 3.8) is 0 Å². The van der Waals surface area contributed by atoms with Crippen molar-refractivity contribution in [2.24, 2.45) is 10.8 Å². The predicted molar refractivity (Wildman–Crippen MR) is 141 cm³/mol. The Bertz CT molecular complexity index is 1590. The molecule has 2 fully saturated rings. The summed E-state index contributed by atoms with van der Waals surface area (Å²) in [4.78, 5) is 21.4. The molecule has 0 bridgehead atoms. The van der Waals surface area contributed by atoms with Crippen molar-refractivity contribution in [1.29, 1.82) is 5.26 Å². The minimum Gasteiger partial charge on any atom is -0.355 e. The van der Waals surface area contributed by atoms with E-state index in [0.29, 0.717) is 31.0 Å². The number of nitrogens with zero attached hydrogens (tertiary/aromatic N) is 5. The van der Waals surface area contributed by atoms with Gasteiger partial charge in [-0.3, -0.25) is 9.89 Å². The van der Waals surface area contributed by atoms with E-state index < -0.39 is 18.5 Å². The zero-order valence-corrected chi connectivity index (χ0v) is 21.0. The molecule has 7 heteroatoms. The predicted octanol–water partition coefficient (Wildman–Crippen LogP) is 4.54. The van der Waals surface area contributed by atoms with Crippen molar-refractivity contribution in [1.82, 2.24) is 20.1 Å². The van der Waals surface area contributed by atoms with Gasteiger partial charge in [-0.1, -0.05) is 26.4 Å². The number of likely N-dealkylation sites (tertiary alicyclic amines) is 1. The van der Waals surface area contributed by atoms with E-state index in [9.17, 15) is 10.1 Å². The van der Waals surface area contributed by atoms with Crippen LogP contribution in [-0.2, 0) is 17.6 Å². The molecule has 36 heavy (non-hydrogen) atoms. The van der Waals surface area contributed by atoms with E-state index in [2.05, 4.69) is 48.0 Å². The average Bonchev–Trinajstić information content (AvgIpc) is 3.53. The molecule has 2 aliphatic heterocycles. The number of benzene rings is 1. The van der Waals surface area contributed by atoms with E-state index in [-0.39, 0.29) is 10.8 Å². The Morgan fingerprint density at radius 1 is 1.31 bits per heavy atom. The maximum atomic E-state index is 12.5. The van der Waals surface area contributed by atoms with E-state index in [0.717, 1.165) is 71.1 Å². The molecule has 0 unspecified atom stereocenters. The fourth-order valence-corrected chi connectivity index (χ4v) is 6.51. The first-order valence-electron chi connectivity index (χ1n) is 14.1. The van der Waals surface area contributed by atoms with Crippen molar-refractivity contribution in [2.75, 3.05) is 31.1 Å². The molecule has 1 N–H and O–H groups in total. The number of rotatable bonds is 3. The molecule has 1 spiro atoms. The third-order valence-electron chi connectivity index (χ3n) is 8.44. The number of aromatic amines is 1. The van der Waals surface area contributed by atoms with Gasteiger partial charge in [-0.15, -0.1) is 0 Å². The summed E-state index contributed by atoms with van der Waals surface area (Å²) in [5.41, 5.74) is 6.86. The number of hydrogen-bond donors (Lipinski definition) is 1. The molecular formula is C29H32N6O. The number of anilines is 1. The molecular weight excluding hydrogens is 448 g/mol.